The Morgan fingerprint density at radius 2 is 1.96 bits per heavy atom. The van der Waals surface area contributed by atoms with E-state index in [0.717, 1.165) is 33.1 Å². The highest BCUT2D eigenvalue weighted by molar-refractivity contribution is 7.16. The van der Waals surface area contributed by atoms with Crippen LogP contribution in [0.2, 0.25) is 0 Å². The smallest absolute Gasteiger partial charge is 0.248 e. The zero-order chi connectivity index (χ0) is 16.5. The second-order valence-electron chi connectivity index (χ2n) is 6.45. The topological polar surface area (TPSA) is 52.8 Å². The van der Waals surface area contributed by atoms with Gasteiger partial charge in [0.15, 0.2) is 16.3 Å². The van der Waals surface area contributed by atoms with Crippen molar-refractivity contribution in [3.8, 4) is 11.5 Å². The predicted octanol–water partition coefficient (Wildman–Crippen LogP) is 3.50. The summed E-state index contributed by atoms with van der Waals surface area (Å²) < 4.78 is 14.5. The van der Waals surface area contributed by atoms with Crippen molar-refractivity contribution in [3.63, 3.8) is 0 Å². The third-order valence-corrected chi connectivity index (χ3v) is 5.86. The Labute approximate surface area is 144 Å². The van der Waals surface area contributed by atoms with E-state index in [1.54, 1.807) is 11.3 Å². The minimum Gasteiger partial charge on any atom is -0.486 e. The molecule has 1 fully saturated rings. The van der Waals surface area contributed by atoms with Crippen LogP contribution in [0, 0.1) is 5.92 Å². The lowest BCUT2D eigenvalue weighted by atomic mass is 10.0. The number of hydrogen-bond acceptors (Lipinski definition) is 4. The standard InChI is InChI=1S/C18H22N2O3S/c1-2-20-13-10-14-15(23-8-7-22-14)11-16(13)24-18(20)19-17(21)9-12-5-3-4-6-12/h10-12H,2-9H2,1H3. The van der Waals surface area contributed by atoms with E-state index >= 15 is 0 Å². The number of amides is 1. The van der Waals surface area contributed by atoms with Crippen LogP contribution in [0.4, 0.5) is 0 Å². The molecule has 2 aromatic rings. The number of hydrogen-bond donors (Lipinski definition) is 0. The van der Waals surface area contributed by atoms with Gasteiger partial charge in [-0.1, -0.05) is 24.2 Å². The fourth-order valence-corrected chi connectivity index (χ4v) is 4.73. The number of ether oxygens (including phenoxy) is 2. The van der Waals surface area contributed by atoms with Gasteiger partial charge in [-0.2, -0.15) is 4.99 Å². The van der Waals surface area contributed by atoms with Gasteiger partial charge in [0.2, 0.25) is 5.91 Å². The molecule has 128 valence electrons. The van der Waals surface area contributed by atoms with E-state index in [1.165, 1.54) is 25.7 Å². The number of carbonyl (C=O) groups is 1. The molecule has 0 radical (unpaired) electrons. The number of fused-ring (bicyclic) bond motifs is 2. The minimum absolute atomic E-state index is 0.00733. The zero-order valence-corrected chi connectivity index (χ0v) is 14.7. The van der Waals surface area contributed by atoms with E-state index in [2.05, 4.69) is 16.5 Å². The molecule has 0 saturated heterocycles. The molecule has 2 heterocycles. The summed E-state index contributed by atoms with van der Waals surface area (Å²) in [5.74, 6) is 2.09. The number of aromatic nitrogens is 1. The SMILES string of the molecule is CCn1c(=NC(=O)CC2CCCC2)sc2cc3c(cc21)OCCO3. The van der Waals surface area contributed by atoms with Crippen LogP contribution in [0.25, 0.3) is 10.2 Å². The van der Waals surface area contributed by atoms with Gasteiger partial charge < -0.3 is 14.0 Å². The van der Waals surface area contributed by atoms with Gasteiger partial charge in [0, 0.05) is 25.1 Å². The molecule has 1 aliphatic carbocycles. The number of rotatable bonds is 3. The van der Waals surface area contributed by atoms with E-state index in [9.17, 15) is 4.79 Å². The molecule has 0 N–H and O–H groups in total. The molecule has 24 heavy (non-hydrogen) atoms. The van der Waals surface area contributed by atoms with Crippen LogP contribution in [0.15, 0.2) is 17.1 Å². The van der Waals surface area contributed by atoms with Crippen molar-refractivity contribution in [2.45, 2.75) is 45.6 Å². The minimum atomic E-state index is 0.00733. The Morgan fingerprint density at radius 3 is 2.67 bits per heavy atom. The molecule has 0 atom stereocenters. The lowest BCUT2D eigenvalue weighted by molar-refractivity contribution is -0.118. The molecule has 5 nitrogen and oxygen atoms in total. The van der Waals surface area contributed by atoms with Gasteiger partial charge in [-0.15, -0.1) is 0 Å². The maximum absolute atomic E-state index is 12.3. The quantitative estimate of drug-likeness (QED) is 0.855. The van der Waals surface area contributed by atoms with Gasteiger partial charge in [-0.05, 0) is 25.7 Å². The molecule has 4 rings (SSSR count). The van der Waals surface area contributed by atoms with E-state index in [4.69, 9.17) is 9.47 Å². The first-order valence-electron chi connectivity index (χ1n) is 8.75. The third kappa shape index (κ3) is 2.95. The highest BCUT2D eigenvalue weighted by Gasteiger charge is 2.19. The van der Waals surface area contributed by atoms with Crippen molar-refractivity contribution in [1.29, 1.82) is 0 Å². The molecule has 1 aromatic heterocycles. The average Bonchev–Trinajstić information content (AvgIpc) is 3.19. The number of benzene rings is 1. The van der Waals surface area contributed by atoms with Crippen LogP contribution >= 0.6 is 11.3 Å². The van der Waals surface area contributed by atoms with Crippen LogP contribution in [0.3, 0.4) is 0 Å². The molecule has 0 bridgehead atoms. The van der Waals surface area contributed by atoms with Crippen molar-refractivity contribution in [2.24, 2.45) is 10.9 Å². The fourth-order valence-electron chi connectivity index (χ4n) is 3.61. The largest absolute Gasteiger partial charge is 0.486 e. The lowest BCUT2D eigenvalue weighted by Gasteiger charge is -2.18. The van der Waals surface area contributed by atoms with Crippen molar-refractivity contribution < 1.29 is 14.3 Å². The summed E-state index contributed by atoms with van der Waals surface area (Å²) in [6.07, 6.45) is 5.43. The Morgan fingerprint density at radius 1 is 1.25 bits per heavy atom. The Bertz CT molecular complexity index is 831. The summed E-state index contributed by atoms with van der Waals surface area (Å²) in [6, 6.07) is 4.01. The van der Waals surface area contributed by atoms with Gasteiger partial charge in [0.05, 0.1) is 10.2 Å². The predicted molar refractivity (Wildman–Crippen MR) is 93.6 cm³/mol. The molecule has 1 saturated carbocycles. The normalized spacial score (nSPS) is 18.5. The van der Waals surface area contributed by atoms with Gasteiger partial charge in [-0.25, -0.2) is 0 Å². The molecule has 0 unspecified atom stereocenters. The second-order valence-corrected chi connectivity index (χ2v) is 7.46. The van der Waals surface area contributed by atoms with Crippen molar-refractivity contribution >= 4 is 27.5 Å². The Balaban J connectivity index is 1.71. The molecule has 2 aliphatic rings. The van der Waals surface area contributed by atoms with E-state index in [1.807, 2.05) is 12.1 Å². The van der Waals surface area contributed by atoms with Crippen LogP contribution < -0.4 is 14.3 Å². The number of thiazole rings is 1. The number of aryl methyl sites for hydroxylation is 1. The monoisotopic (exact) mass is 346 g/mol. The summed E-state index contributed by atoms with van der Waals surface area (Å²) in [4.78, 5) is 17.5. The first-order chi connectivity index (χ1) is 11.7. The zero-order valence-electron chi connectivity index (χ0n) is 13.9. The molecule has 1 aromatic carbocycles. The fraction of sp³-hybridized carbons (Fsp3) is 0.556. The molecule has 1 aliphatic heterocycles. The Hall–Kier alpha value is -1.82. The maximum atomic E-state index is 12.3. The highest BCUT2D eigenvalue weighted by Crippen LogP contribution is 2.35. The van der Waals surface area contributed by atoms with Gasteiger partial charge >= 0.3 is 0 Å². The van der Waals surface area contributed by atoms with E-state index in [0.29, 0.717) is 25.6 Å². The number of carbonyl (C=O) groups excluding carboxylic acids is 1. The van der Waals surface area contributed by atoms with Crippen molar-refractivity contribution in [3.05, 3.63) is 16.9 Å². The molecule has 0 spiro atoms. The summed E-state index contributed by atoms with van der Waals surface area (Å²) in [5, 5.41) is 0. The third-order valence-electron chi connectivity index (χ3n) is 4.82. The maximum Gasteiger partial charge on any atom is 0.248 e. The summed E-state index contributed by atoms with van der Waals surface area (Å²) in [7, 11) is 0. The lowest BCUT2D eigenvalue weighted by Crippen LogP contribution is -2.17. The van der Waals surface area contributed by atoms with E-state index < -0.39 is 0 Å². The molecular formula is C18H22N2O3S. The van der Waals surface area contributed by atoms with Crippen molar-refractivity contribution in [2.75, 3.05) is 13.2 Å². The summed E-state index contributed by atoms with van der Waals surface area (Å²) in [5.41, 5.74) is 1.05. The first kappa shape index (κ1) is 15.7. The first-order valence-corrected chi connectivity index (χ1v) is 9.57. The molecule has 1 amide bonds. The van der Waals surface area contributed by atoms with Gasteiger partial charge in [-0.3, -0.25) is 4.79 Å². The Kier molecular flexibility index (Phi) is 4.31. The average molecular weight is 346 g/mol. The summed E-state index contributed by atoms with van der Waals surface area (Å²) in [6.45, 7) is 4.00. The van der Waals surface area contributed by atoms with Crippen LogP contribution in [-0.4, -0.2) is 23.7 Å². The van der Waals surface area contributed by atoms with Crippen LogP contribution in [0.1, 0.15) is 39.0 Å². The molecular weight excluding hydrogens is 324 g/mol. The highest BCUT2D eigenvalue weighted by atomic mass is 32.1. The number of nitrogens with zero attached hydrogens (tertiary/aromatic N) is 2. The summed E-state index contributed by atoms with van der Waals surface area (Å²) >= 11 is 1.55. The van der Waals surface area contributed by atoms with Crippen LogP contribution in [-0.2, 0) is 11.3 Å². The van der Waals surface area contributed by atoms with Gasteiger partial charge in [0.25, 0.3) is 0 Å². The van der Waals surface area contributed by atoms with Crippen LogP contribution in [0.5, 0.6) is 11.5 Å². The molecule has 6 heteroatoms. The van der Waals surface area contributed by atoms with Crippen molar-refractivity contribution in [1.82, 2.24) is 4.57 Å². The van der Waals surface area contributed by atoms with Gasteiger partial charge in [0.1, 0.15) is 13.2 Å². The second kappa shape index (κ2) is 6.59. The van der Waals surface area contributed by atoms with E-state index in [-0.39, 0.29) is 5.91 Å².